The molecule has 1 atom stereocenters. The largest absolute Gasteiger partial charge is 0.314 e. The molecule has 122 valence electrons. The van der Waals surface area contributed by atoms with E-state index in [9.17, 15) is 13.2 Å². The van der Waals surface area contributed by atoms with Gasteiger partial charge in [-0.25, -0.2) is 13.2 Å². The Labute approximate surface area is 130 Å². The van der Waals surface area contributed by atoms with Gasteiger partial charge in [0.15, 0.2) is 17.5 Å². The van der Waals surface area contributed by atoms with Crippen LogP contribution in [-0.4, -0.2) is 31.1 Å². The molecular formula is C17H23F3N2. The smallest absolute Gasteiger partial charge is 0.194 e. The van der Waals surface area contributed by atoms with Crippen molar-refractivity contribution in [1.82, 2.24) is 10.2 Å². The van der Waals surface area contributed by atoms with Crippen LogP contribution in [0.3, 0.4) is 0 Å². The molecule has 1 aromatic rings. The molecule has 0 spiro atoms. The molecule has 5 heteroatoms. The minimum Gasteiger partial charge on any atom is -0.314 e. The van der Waals surface area contributed by atoms with Crippen molar-refractivity contribution in [3.63, 3.8) is 0 Å². The highest BCUT2D eigenvalue weighted by Gasteiger charge is 2.24. The lowest BCUT2D eigenvalue weighted by atomic mass is 9.97. The molecule has 2 nitrogen and oxygen atoms in total. The Kier molecular flexibility index (Phi) is 6.46. The molecule has 0 radical (unpaired) electrons. The summed E-state index contributed by atoms with van der Waals surface area (Å²) in [4.78, 5) is 2.22. The number of nitrogens with one attached hydrogen (secondary N) is 1. The van der Waals surface area contributed by atoms with E-state index >= 15 is 0 Å². The summed E-state index contributed by atoms with van der Waals surface area (Å²) in [5, 5.41) is 3.27. The number of unbranched alkanes of at least 4 members (excludes halogenated alkanes) is 2. The van der Waals surface area contributed by atoms with Gasteiger partial charge in [-0.3, -0.25) is 4.90 Å². The minimum absolute atomic E-state index is 0.0727. The van der Waals surface area contributed by atoms with Gasteiger partial charge in [-0.1, -0.05) is 12.5 Å². The number of hydrogen-bond donors (Lipinski definition) is 1. The number of hydrogen-bond acceptors (Lipinski definition) is 2. The predicted octanol–water partition coefficient (Wildman–Crippen LogP) is 3.80. The van der Waals surface area contributed by atoms with Crippen molar-refractivity contribution in [3.05, 3.63) is 47.8 Å². The summed E-state index contributed by atoms with van der Waals surface area (Å²) in [5.74, 6) is -3.61. The second kappa shape index (κ2) is 8.34. The lowest BCUT2D eigenvalue weighted by molar-refractivity contribution is 0.162. The number of piperazine rings is 1. The zero-order valence-electron chi connectivity index (χ0n) is 12.8. The van der Waals surface area contributed by atoms with Crippen molar-refractivity contribution in [2.24, 2.45) is 0 Å². The van der Waals surface area contributed by atoms with Gasteiger partial charge >= 0.3 is 0 Å². The van der Waals surface area contributed by atoms with Gasteiger partial charge in [0.05, 0.1) is 0 Å². The Morgan fingerprint density at radius 3 is 2.36 bits per heavy atom. The molecule has 0 aliphatic carbocycles. The van der Waals surface area contributed by atoms with Crippen molar-refractivity contribution in [2.45, 2.75) is 31.7 Å². The van der Waals surface area contributed by atoms with E-state index in [0.29, 0.717) is 5.56 Å². The topological polar surface area (TPSA) is 15.3 Å². The third kappa shape index (κ3) is 4.34. The van der Waals surface area contributed by atoms with E-state index in [1.54, 1.807) is 0 Å². The third-order valence-electron chi connectivity index (χ3n) is 4.12. The minimum atomic E-state index is -1.39. The van der Waals surface area contributed by atoms with Gasteiger partial charge in [-0.2, -0.15) is 0 Å². The summed E-state index contributed by atoms with van der Waals surface area (Å²) >= 11 is 0. The van der Waals surface area contributed by atoms with Crippen molar-refractivity contribution >= 4 is 0 Å². The predicted molar refractivity (Wildman–Crippen MR) is 82.2 cm³/mol. The highest BCUT2D eigenvalue weighted by atomic mass is 19.2. The highest BCUT2D eigenvalue weighted by molar-refractivity contribution is 5.23. The molecule has 1 N–H and O–H groups in total. The summed E-state index contributed by atoms with van der Waals surface area (Å²) in [6.07, 6.45) is 5.55. The van der Waals surface area contributed by atoms with Crippen LogP contribution in [0.5, 0.6) is 0 Å². The van der Waals surface area contributed by atoms with Gasteiger partial charge in [-0.15, -0.1) is 6.58 Å². The Balaban J connectivity index is 2.16. The quantitative estimate of drug-likeness (QED) is 0.468. The van der Waals surface area contributed by atoms with Gasteiger partial charge in [0.1, 0.15) is 0 Å². The van der Waals surface area contributed by atoms with Crippen LogP contribution in [0.4, 0.5) is 13.2 Å². The number of rotatable bonds is 7. The van der Waals surface area contributed by atoms with Crippen molar-refractivity contribution in [1.29, 1.82) is 0 Å². The van der Waals surface area contributed by atoms with Crippen LogP contribution >= 0.6 is 0 Å². The van der Waals surface area contributed by atoms with Gasteiger partial charge < -0.3 is 5.32 Å². The molecule has 0 saturated carbocycles. The molecule has 1 aliphatic heterocycles. The summed E-state index contributed by atoms with van der Waals surface area (Å²) < 4.78 is 40.3. The Morgan fingerprint density at radius 2 is 1.77 bits per heavy atom. The van der Waals surface area contributed by atoms with E-state index in [-0.39, 0.29) is 6.04 Å². The molecular weight excluding hydrogens is 289 g/mol. The summed E-state index contributed by atoms with van der Waals surface area (Å²) in [7, 11) is 0. The molecule has 22 heavy (non-hydrogen) atoms. The standard InChI is InChI=1S/C17H23F3N2/c1-2-3-4-5-6-16(22-9-7-21-8-10-22)13-11-14(18)17(20)15(19)12-13/h2,11-12,16,21H,1,3-10H2/t16-/m1/s1. The Bertz CT molecular complexity index is 476. The second-order valence-electron chi connectivity index (χ2n) is 5.67. The molecule has 0 bridgehead atoms. The fraction of sp³-hybridized carbons (Fsp3) is 0.529. The lowest BCUT2D eigenvalue weighted by Crippen LogP contribution is -2.45. The summed E-state index contributed by atoms with van der Waals surface area (Å²) in [6.45, 7) is 7.06. The van der Waals surface area contributed by atoms with E-state index in [4.69, 9.17) is 0 Å². The van der Waals surface area contributed by atoms with Crippen LogP contribution in [0.15, 0.2) is 24.8 Å². The normalized spacial score (nSPS) is 17.4. The first-order chi connectivity index (χ1) is 10.6. The summed E-state index contributed by atoms with van der Waals surface area (Å²) in [6, 6.07) is 2.20. The van der Waals surface area contributed by atoms with Crippen LogP contribution in [0, 0.1) is 17.5 Å². The first kappa shape index (κ1) is 17.0. The third-order valence-corrected chi connectivity index (χ3v) is 4.12. The maximum Gasteiger partial charge on any atom is 0.194 e. The van der Waals surface area contributed by atoms with Crippen molar-refractivity contribution in [3.8, 4) is 0 Å². The molecule has 0 unspecified atom stereocenters. The maximum atomic E-state index is 13.6. The number of benzene rings is 1. The molecule has 0 aromatic heterocycles. The van der Waals surface area contributed by atoms with Crippen LogP contribution in [-0.2, 0) is 0 Å². The van der Waals surface area contributed by atoms with E-state index in [0.717, 1.165) is 64.0 Å². The fourth-order valence-corrected chi connectivity index (χ4v) is 2.95. The maximum absolute atomic E-state index is 13.6. The highest BCUT2D eigenvalue weighted by Crippen LogP contribution is 2.29. The molecule has 1 saturated heterocycles. The average molecular weight is 312 g/mol. The van der Waals surface area contributed by atoms with E-state index in [1.807, 2.05) is 6.08 Å². The molecule has 0 amide bonds. The van der Waals surface area contributed by atoms with E-state index < -0.39 is 17.5 Å². The number of allylic oxidation sites excluding steroid dienone is 1. The first-order valence-electron chi connectivity index (χ1n) is 7.83. The van der Waals surface area contributed by atoms with Crippen LogP contribution in [0.1, 0.15) is 37.3 Å². The average Bonchev–Trinajstić information content (AvgIpc) is 2.53. The summed E-state index contributed by atoms with van der Waals surface area (Å²) in [5.41, 5.74) is 0.525. The second-order valence-corrected chi connectivity index (χ2v) is 5.67. The van der Waals surface area contributed by atoms with Gasteiger partial charge in [0.2, 0.25) is 0 Å². The molecule has 1 heterocycles. The number of halogens is 3. The Hall–Kier alpha value is -1.33. The van der Waals surface area contributed by atoms with E-state index in [2.05, 4.69) is 16.8 Å². The molecule has 1 aliphatic rings. The van der Waals surface area contributed by atoms with Crippen molar-refractivity contribution in [2.75, 3.05) is 26.2 Å². The van der Waals surface area contributed by atoms with Crippen molar-refractivity contribution < 1.29 is 13.2 Å². The van der Waals surface area contributed by atoms with Gasteiger partial charge in [0, 0.05) is 32.2 Å². The first-order valence-corrected chi connectivity index (χ1v) is 7.83. The van der Waals surface area contributed by atoms with E-state index in [1.165, 1.54) is 0 Å². The number of nitrogens with zero attached hydrogens (tertiary/aromatic N) is 1. The zero-order valence-corrected chi connectivity index (χ0v) is 12.8. The SMILES string of the molecule is C=CCCCC[C@H](c1cc(F)c(F)c(F)c1)N1CCNCC1. The fourth-order valence-electron chi connectivity index (χ4n) is 2.95. The van der Waals surface area contributed by atoms with Crippen LogP contribution < -0.4 is 5.32 Å². The molecule has 1 aromatic carbocycles. The van der Waals surface area contributed by atoms with Gasteiger partial charge in [0.25, 0.3) is 0 Å². The molecule has 2 rings (SSSR count). The zero-order chi connectivity index (χ0) is 15.9. The lowest BCUT2D eigenvalue weighted by Gasteiger charge is -2.35. The molecule has 1 fully saturated rings. The van der Waals surface area contributed by atoms with Crippen LogP contribution in [0.2, 0.25) is 0 Å². The van der Waals surface area contributed by atoms with Gasteiger partial charge in [-0.05, 0) is 37.0 Å². The Morgan fingerprint density at radius 1 is 1.14 bits per heavy atom. The monoisotopic (exact) mass is 312 g/mol. The van der Waals surface area contributed by atoms with Crippen LogP contribution in [0.25, 0.3) is 0 Å².